The fraction of sp³-hybridized carbons (Fsp3) is 0.136. The zero-order valence-electron chi connectivity index (χ0n) is 15.6. The van der Waals surface area contributed by atoms with Crippen molar-refractivity contribution < 1.29 is 18.5 Å². The van der Waals surface area contributed by atoms with Crippen LogP contribution in [0.4, 0.5) is 0 Å². The van der Waals surface area contributed by atoms with Crippen LogP contribution in [0.2, 0.25) is 0 Å². The van der Waals surface area contributed by atoms with Crippen LogP contribution in [0.3, 0.4) is 0 Å². The number of hydrogen-bond acceptors (Lipinski definition) is 6. The van der Waals surface area contributed by atoms with E-state index < -0.39 is 5.97 Å². The molecule has 4 aromatic rings. The van der Waals surface area contributed by atoms with Crippen molar-refractivity contribution in [2.45, 2.75) is 20.8 Å². The molecule has 140 valence electrons. The molecule has 0 bridgehead atoms. The van der Waals surface area contributed by atoms with Gasteiger partial charge in [0.1, 0.15) is 28.4 Å². The molecule has 0 unspecified atom stereocenters. The molecule has 0 N–H and O–H groups in total. The number of carbonyl (C=O) groups is 1. The molecule has 2 heterocycles. The van der Waals surface area contributed by atoms with E-state index in [1.807, 2.05) is 30.3 Å². The van der Waals surface area contributed by atoms with Crippen molar-refractivity contribution in [2.75, 3.05) is 0 Å². The van der Waals surface area contributed by atoms with Gasteiger partial charge in [-0.3, -0.25) is 4.79 Å². The smallest absolute Gasteiger partial charge is 0.349 e. The van der Waals surface area contributed by atoms with E-state index in [0.717, 1.165) is 5.56 Å². The molecule has 6 heteroatoms. The van der Waals surface area contributed by atoms with Gasteiger partial charge in [0.15, 0.2) is 0 Å². The van der Waals surface area contributed by atoms with Crippen LogP contribution in [0.25, 0.3) is 22.1 Å². The van der Waals surface area contributed by atoms with Gasteiger partial charge in [-0.05, 0) is 38.5 Å². The Morgan fingerprint density at radius 2 is 1.75 bits per heavy atom. The van der Waals surface area contributed by atoms with Gasteiger partial charge in [0.25, 0.3) is 0 Å². The number of benzene rings is 2. The van der Waals surface area contributed by atoms with E-state index in [-0.39, 0.29) is 16.7 Å². The second-order valence-corrected chi connectivity index (χ2v) is 6.48. The number of esters is 1. The van der Waals surface area contributed by atoms with Gasteiger partial charge in [0.05, 0.1) is 16.6 Å². The number of aromatic nitrogens is 1. The number of rotatable bonds is 3. The molecule has 0 saturated heterocycles. The van der Waals surface area contributed by atoms with Crippen molar-refractivity contribution in [2.24, 2.45) is 0 Å². The van der Waals surface area contributed by atoms with Crippen LogP contribution in [0.5, 0.6) is 5.75 Å². The molecule has 4 rings (SSSR count). The molecule has 0 aliphatic carbocycles. The highest BCUT2D eigenvalue weighted by Crippen LogP contribution is 2.27. The summed E-state index contributed by atoms with van der Waals surface area (Å²) in [5.74, 6) is 0.583. The van der Waals surface area contributed by atoms with E-state index in [9.17, 15) is 9.59 Å². The van der Waals surface area contributed by atoms with E-state index in [0.29, 0.717) is 33.7 Å². The van der Waals surface area contributed by atoms with Crippen LogP contribution in [0.15, 0.2) is 62.3 Å². The number of aryl methyl sites for hydroxylation is 3. The maximum absolute atomic E-state index is 13.0. The standard InChI is InChI=1S/C22H17NO5/c1-12-19(14(3)28-23-12)22(25)27-16-9-10-17-18(11-16)26-13(2)20(21(17)24)15-7-5-4-6-8-15/h4-11H,1-3H3. The van der Waals surface area contributed by atoms with Gasteiger partial charge in [-0.15, -0.1) is 0 Å². The topological polar surface area (TPSA) is 82.5 Å². The number of carbonyl (C=O) groups excluding carboxylic acids is 1. The Labute approximate surface area is 160 Å². The molecule has 0 aliphatic rings. The Morgan fingerprint density at radius 1 is 1.00 bits per heavy atom. The molecule has 0 aliphatic heterocycles. The monoisotopic (exact) mass is 375 g/mol. The van der Waals surface area contributed by atoms with Gasteiger partial charge in [0, 0.05) is 6.07 Å². The minimum absolute atomic E-state index is 0.131. The second-order valence-electron chi connectivity index (χ2n) is 6.48. The van der Waals surface area contributed by atoms with E-state index in [2.05, 4.69) is 5.16 Å². The third kappa shape index (κ3) is 2.99. The molecular formula is C22H17NO5. The zero-order chi connectivity index (χ0) is 19.8. The highest BCUT2D eigenvalue weighted by atomic mass is 16.5. The highest BCUT2D eigenvalue weighted by Gasteiger charge is 2.20. The molecule has 6 nitrogen and oxygen atoms in total. The lowest BCUT2D eigenvalue weighted by Gasteiger charge is -2.09. The summed E-state index contributed by atoms with van der Waals surface area (Å²) in [4.78, 5) is 25.4. The molecule has 0 saturated carbocycles. The number of hydrogen-bond donors (Lipinski definition) is 0. The van der Waals surface area contributed by atoms with Crippen molar-refractivity contribution in [3.05, 3.63) is 81.5 Å². The molecule has 0 fully saturated rings. The molecular weight excluding hydrogens is 358 g/mol. The Morgan fingerprint density at radius 3 is 2.43 bits per heavy atom. The van der Waals surface area contributed by atoms with Crippen molar-refractivity contribution >= 4 is 16.9 Å². The van der Waals surface area contributed by atoms with E-state index in [4.69, 9.17) is 13.7 Å². The number of ether oxygens (including phenoxy) is 1. The maximum atomic E-state index is 13.0. The van der Waals surface area contributed by atoms with Gasteiger partial charge in [-0.1, -0.05) is 35.5 Å². The zero-order valence-corrected chi connectivity index (χ0v) is 15.6. The Hall–Kier alpha value is -3.67. The molecule has 0 radical (unpaired) electrons. The largest absolute Gasteiger partial charge is 0.460 e. The lowest BCUT2D eigenvalue weighted by atomic mass is 10.0. The summed E-state index contributed by atoms with van der Waals surface area (Å²) < 4.78 is 16.3. The van der Waals surface area contributed by atoms with Crippen molar-refractivity contribution in [1.82, 2.24) is 5.16 Å². The first-order valence-corrected chi connectivity index (χ1v) is 8.73. The maximum Gasteiger partial charge on any atom is 0.349 e. The van der Waals surface area contributed by atoms with Crippen LogP contribution < -0.4 is 10.2 Å². The molecule has 0 atom stereocenters. The van der Waals surface area contributed by atoms with E-state index >= 15 is 0 Å². The summed E-state index contributed by atoms with van der Waals surface area (Å²) in [6, 6.07) is 14.1. The number of nitrogens with zero attached hydrogens (tertiary/aromatic N) is 1. The van der Waals surface area contributed by atoms with E-state index in [1.165, 1.54) is 6.07 Å². The lowest BCUT2D eigenvalue weighted by molar-refractivity contribution is 0.0732. The lowest BCUT2D eigenvalue weighted by Crippen LogP contribution is -2.11. The molecule has 2 aromatic carbocycles. The number of fused-ring (bicyclic) bond motifs is 1. The third-order valence-corrected chi connectivity index (χ3v) is 4.55. The molecule has 0 spiro atoms. The van der Waals surface area contributed by atoms with Crippen molar-refractivity contribution in [3.63, 3.8) is 0 Å². The van der Waals surface area contributed by atoms with Crippen LogP contribution >= 0.6 is 0 Å². The first-order chi connectivity index (χ1) is 13.5. The van der Waals surface area contributed by atoms with Gasteiger partial charge in [0.2, 0.25) is 5.43 Å². The predicted octanol–water partition coefficient (Wildman–Crippen LogP) is 4.59. The minimum Gasteiger partial charge on any atom is -0.460 e. The van der Waals surface area contributed by atoms with Gasteiger partial charge in [-0.25, -0.2) is 4.79 Å². The van der Waals surface area contributed by atoms with Crippen molar-refractivity contribution in [1.29, 1.82) is 0 Å². The Bertz CT molecular complexity index is 1230. The van der Waals surface area contributed by atoms with E-state index in [1.54, 1.807) is 32.9 Å². The van der Waals surface area contributed by atoms with Gasteiger partial charge < -0.3 is 13.7 Å². The van der Waals surface area contributed by atoms with Gasteiger partial charge >= 0.3 is 5.97 Å². The quantitative estimate of drug-likeness (QED) is 0.385. The summed E-state index contributed by atoms with van der Waals surface area (Å²) in [6.45, 7) is 5.05. The summed E-state index contributed by atoms with van der Waals surface area (Å²) in [6.07, 6.45) is 0. The third-order valence-electron chi connectivity index (χ3n) is 4.55. The average molecular weight is 375 g/mol. The van der Waals surface area contributed by atoms with Crippen LogP contribution in [-0.4, -0.2) is 11.1 Å². The summed E-state index contributed by atoms with van der Waals surface area (Å²) in [7, 11) is 0. The normalized spacial score (nSPS) is 11.0. The Balaban J connectivity index is 1.75. The molecule has 28 heavy (non-hydrogen) atoms. The van der Waals surface area contributed by atoms with Crippen LogP contribution in [0.1, 0.15) is 27.6 Å². The second kappa shape index (κ2) is 6.81. The summed E-state index contributed by atoms with van der Waals surface area (Å²) in [5.41, 5.74) is 2.29. The first kappa shape index (κ1) is 17.7. The van der Waals surface area contributed by atoms with Gasteiger partial charge in [-0.2, -0.15) is 0 Å². The Kier molecular flexibility index (Phi) is 4.31. The average Bonchev–Trinajstić information content (AvgIpc) is 3.01. The SMILES string of the molecule is Cc1noc(C)c1C(=O)Oc1ccc2c(=O)c(-c3ccccc3)c(C)oc2c1. The van der Waals surface area contributed by atoms with Crippen LogP contribution in [-0.2, 0) is 0 Å². The fourth-order valence-electron chi connectivity index (χ4n) is 3.22. The first-order valence-electron chi connectivity index (χ1n) is 8.73. The summed E-state index contributed by atoms with van der Waals surface area (Å²) >= 11 is 0. The fourth-order valence-corrected chi connectivity index (χ4v) is 3.22. The molecule has 2 aromatic heterocycles. The molecule has 0 amide bonds. The van der Waals surface area contributed by atoms with Crippen LogP contribution in [0, 0.1) is 20.8 Å². The predicted molar refractivity (Wildman–Crippen MR) is 104 cm³/mol. The summed E-state index contributed by atoms with van der Waals surface area (Å²) in [5, 5.41) is 4.17. The highest BCUT2D eigenvalue weighted by molar-refractivity contribution is 5.93. The minimum atomic E-state index is -0.574. The van der Waals surface area contributed by atoms with Crippen molar-refractivity contribution in [3.8, 4) is 16.9 Å².